The van der Waals surface area contributed by atoms with Gasteiger partial charge in [-0.1, -0.05) is 12.1 Å². The zero-order valence-electron chi connectivity index (χ0n) is 9.48. The quantitative estimate of drug-likeness (QED) is 0.815. The lowest BCUT2D eigenvalue weighted by Crippen LogP contribution is -2.32. The van der Waals surface area contributed by atoms with Crippen LogP contribution in [-0.4, -0.2) is 17.6 Å². The third-order valence-electron chi connectivity index (χ3n) is 2.68. The minimum atomic E-state index is 0.351. The van der Waals surface area contributed by atoms with Gasteiger partial charge < -0.3 is 11.1 Å². The number of hydrogen-bond donors (Lipinski definition) is 2. The fourth-order valence-corrected chi connectivity index (χ4v) is 1.61. The molecule has 0 bridgehead atoms. The van der Waals surface area contributed by atoms with Crippen molar-refractivity contribution in [3.05, 3.63) is 42.1 Å². The van der Waals surface area contributed by atoms with Gasteiger partial charge in [-0.15, -0.1) is 0 Å². The summed E-state index contributed by atoms with van der Waals surface area (Å²) >= 11 is 0. The largest absolute Gasteiger partial charge is 0.329 e. The van der Waals surface area contributed by atoms with Crippen LogP contribution in [0.25, 0.3) is 10.9 Å². The van der Waals surface area contributed by atoms with Gasteiger partial charge in [0.1, 0.15) is 0 Å². The molecule has 16 heavy (non-hydrogen) atoms. The van der Waals surface area contributed by atoms with Gasteiger partial charge in [-0.25, -0.2) is 0 Å². The number of fused-ring (bicyclic) bond motifs is 1. The van der Waals surface area contributed by atoms with Gasteiger partial charge in [0.25, 0.3) is 0 Å². The Balaban J connectivity index is 2.13. The van der Waals surface area contributed by atoms with Gasteiger partial charge in [0.15, 0.2) is 0 Å². The first-order valence-electron chi connectivity index (χ1n) is 5.56. The summed E-state index contributed by atoms with van der Waals surface area (Å²) < 4.78 is 0. The Morgan fingerprint density at radius 3 is 3.06 bits per heavy atom. The van der Waals surface area contributed by atoms with E-state index in [4.69, 9.17) is 5.73 Å². The van der Waals surface area contributed by atoms with Crippen molar-refractivity contribution in [2.45, 2.75) is 19.5 Å². The Morgan fingerprint density at radius 1 is 1.38 bits per heavy atom. The van der Waals surface area contributed by atoms with E-state index < -0.39 is 0 Å². The van der Waals surface area contributed by atoms with E-state index in [9.17, 15) is 0 Å². The van der Waals surface area contributed by atoms with E-state index in [1.807, 2.05) is 12.3 Å². The average Bonchev–Trinajstić information content (AvgIpc) is 2.35. The Kier molecular flexibility index (Phi) is 3.49. The highest BCUT2D eigenvalue weighted by Gasteiger charge is 2.00. The number of hydrogen-bond acceptors (Lipinski definition) is 3. The molecule has 0 radical (unpaired) electrons. The first-order valence-corrected chi connectivity index (χ1v) is 5.56. The van der Waals surface area contributed by atoms with Crippen molar-refractivity contribution < 1.29 is 0 Å². The van der Waals surface area contributed by atoms with Gasteiger partial charge in [-0.2, -0.15) is 0 Å². The summed E-state index contributed by atoms with van der Waals surface area (Å²) in [5.41, 5.74) is 7.86. The molecule has 2 rings (SSSR count). The molecule has 1 aromatic carbocycles. The average molecular weight is 215 g/mol. The second kappa shape index (κ2) is 5.05. The molecule has 3 N–H and O–H groups in total. The zero-order chi connectivity index (χ0) is 11.4. The maximum Gasteiger partial charge on any atom is 0.0702 e. The molecule has 0 saturated heterocycles. The van der Waals surface area contributed by atoms with Crippen molar-refractivity contribution in [3.63, 3.8) is 0 Å². The van der Waals surface area contributed by atoms with Gasteiger partial charge in [0.2, 0.25) is 0 Å². The second-order valence-electron chi connectivity index (χ2n) is 4.05. The molecule has 84 valence electrons. The van der Waals surface area contributed by atoms with E-state index in [2.05, 4.69) is 41.5 Å². The Morgan fingerprint density at radius 2 is 2.25 bits per heavy atom. The number of nitrogens with two attached hydrogens (primary N) is 1. The minimum absolute atomic E-state index is 0.351. The molecule has 0 fully saturated rings. The van der Waals surface area contributed by atoms with Gasteiger partial charge in [0.05, 0.1) is 5.52 Å². The van der Waals surface area contributed by atoms with Crippen LogP contribution in [0.4, 0.5) is 0 Å². The standard InChI is InChI=1S/C13H17N3/c1-10(8-14)16-9-11-4-5-13-12(7-11)3-2-6-15-13/h2-7,10,16H,8-9,14H2,1H3/t10-/m1/s1. The van der Waals surface area contributed by atoms with Crippen molar-refractivity contribution >= 4 is 10.9 Å². The first-order chi connectivity index (χ1) is 7.79. The molecule has 0 saturated carbocycles. The lowest BCUT2D eigenvalue weighted by atomic mass is 10.1. The third kappa shape index (κ3) is 2.56. The van der Waals surface area contributed by atoms with Crippen LogP contribution in [0.5, 0.6) is 0 Å². The summed E-state index contributed by atoms with van der Waals surface area (Å²) in [6.07, 6.45) is 1.82. The zero-order valence-corrected chi connectivity index (χ0v) is 9.48. The molecule has 0 aliphatic rings. The van der Waals surface area contributed by atoms with E-state index in [1.165, 1.54) is 10.9 Å². The number of nitrogens with zero attached hydrogens (tertiary/aromatic N) is 1. The van der Waals surface area contributed by atoms with Crippen LogP contribution in [0.15, 0.2) is 36.5 Å². The Labute approximate surface area is 95.7 Å². The molecule has 0 aliphatic carbocycles. The van der Waals surface area contributed by atoms with Crippen molar-refractivity contribution in [2.24, 2.45) is 5.73 Å². The first kappa shape index (κ1) is 11.0. The van der Waals surface area contributed by atoms with E-state index >= 15 is 0 Å². The monoisotopic (exact) mass is 215 g/mol. The summed E-state index contributed by atoms with van der Waals surface area (Å²) in [6.45, 7) is 3.60. The van der Waals surface area contributed by atoms with Gasteiger partial charge in [-0.3, -0.25) is 4.98 Å². The lowest BCUT2D eigenvalue weighted by molar-refractivity contribution is 0.556. The molecular formula is C13H17N3. The Bertz CT molecular complexity index is 467. The highest BCUT2D eigenvalue weighted by Crippen LogP contribution is 2.13. The molecule has 2 aromatic rings. The van der Waals surface area contributed by atoms with Gasteiger partial charge in [0, 0.05) is 30.7 Å². The SMILES string of the molecule is C[C@H](CN)NCc1ccc2ncccc2c1. The molecule has 3 nitrogen and oxygen atoms in total. The van der Waals surface area contributed by atoms with Crippen LogP contribution >= 0.6 is 0 Å². The normalized spacial score (nSPS) is 12.9. The van der Waals surface area contributed by atoms with Crippen LogP contribution in [0.3, 0.4) is 0 Å². The predicted molar refractivity (Wildman–Crippen MR) is 67.1 cm³/mol. The fraction of sp³-hybridized carbons (Fsp3) is 0.308. The number of pyridine rings is 1. The van der Waals surface area contributed by atoms with E-state index in [0.717, 1.165) is 12.1 Å². The molecule has 0 aliphatic heterocycles. The summed E-state index contributed by atoms with van der Waals surface area (Å²) in [5, 5.41) is 4.55. The topological polar surface area (TPSA) is 50.9 Å². The smallest absolute Gasteiger partial charge is 0.0702 e. The van der Waals surface area contributed by atoms with Crippen LogP contribution in [0, 0.1) is 0 Å². The maximum atomic E-state index is 5.55. The summed E-state index contributed by atoms with van der Waals surface area (Å²) in [7, 11) is 0. The van der Waals surface area contributed by atoms with Crippen LogP contribution in [-0.2, 0) is 6.54 Å². The number of benzene rings is 1. The van der Waals surface area contributed by atoms with E-state index in [-0.39, 0.29) is 0 Å². The molecule has 3 heteroatoms. The van der Waals surface area contributed by atoms with Crippen molar-refractivity contribution in [1.29, 1.82) is 0 Å². The second-order valence-corrected chi connectivity index (χ2v) is 4.05. The summed E-state index contributed by atoms with van der Waals surface area (Å²) in [4.78, 5) is 4.29. The van der Waals surface area contributed by atoms with Crippen molar-refractivity contribution in [3.8, 4) is 0 Å². The lowest BCUT2D eigenvalue weighted by Gasteiger charge is -2.11. The summed E-state index contributed by atoms with van der Waals surface area (Å²) in [5.74, 6) is 0. The predicted octanol–water partition coefficient (Wildman–Crippen LogP) is 1.67. The molecule has 0 spiro atoms. The Hall–Kier alpha value is -1.45. The molecule has 0 unspecified atom stereocenters. The van der Waals surface area contributed by atoms with Crippen LogP contribution < -0.4 is 11.1 Å². The van der Waals surface area contributed by atoms with E-state index in [0.29, 0.717) is 12.6 Å². The molecular weight excluding hydrogens is 198 g/mol. The molecule has 1 heterocycles. The number of aromatic nitrogens is 1. The van der Waals surface area contributed by atoms with Crippen LogP contribution in [0.1, 0.15) is 12.5 Å². The highest BCUT2D eigenvalue weighted by atomic mass is 14.9. The minimum Gasteiger partial charge on any atom is -0.329 e. The highest BCUT2D eigenvalue weighted by molar-refractivity contribution is 5.78. The van der Waals surface area contributed by atoms with E-state index in [1.54, 1.807) is 0 Å². The van der Waals surface area contributed by atoms with Gasteiger partial charge >= 0.3 is 0 Å². The third-order valence-corrected chi connectivity index (χ3v) is 2.68. The number of nitrogens with one attached hydrogen (secondary N) is 1. The van der Waals surface area contributed by atoms with Crippen molar-refractivity contribution in [1.82, 2.24) is 10.3 Å². The fourth-order valence-electron chi connectivity index (χ4n) is 1.61. The van der Waals surface area contributed by atoms with Gasteiger partial charge in [-0.05, 0) is 30.7 Å². The maximum absolute atomic E-state index is 5.55. The van der Waals surface area contributed by atoms with Crippen molar-refractivity contribution in [2.75, 3.05) is 6.54 Å². The molecule has 1 atom stereocenters. The molecule has 0 amide bonds. The van der Waals surface area contributed by atoms with Crippen LogP contribution in [0.2, 0.25) is 0 Å². The molecule has 1 aromatic heterocycles. The summed E-state index contributed by atoms with van der Waals surface area (Å²) in [6, 6.07) is 10.7. The number of rotatable bonds is 4.